The molecule has 1 aliphatic heterocycles. The highest BCUT2D eigenvalue weighted by molar-refractivity contribution is 9.12. The van der Waals surface area contributed by atoms with Crippen molar-refractivity contribution in [3.05, 3.63) is 13.6 Å². The monoisotopic (exact) mass is 402 g/mol. The van der Waals surface area contributed by atoms with Crippen LogP contribution in [-0.4, -0.2) is 32.4 Å². The van der Waals surface area contributed by atoms with E-state index in [0.717, 1.165) is 10.2 Å². The number of nitrogens with zero attached hydrogens (tertiary/aromatic N) is 1. The Morgan fingerprint density at radius 2 is 2.24 bits per heavy atom. The molecule has 0 radical (unpaired) electrons. The van der Waals surface area contributed by atoms with Crippen molar-refractivity contribution in [2.45, 2.75) is 11.3 Å². The minimum Gasteiger partial charge on any atom is -0.330 e. The third-order valence-electron chi connectivity index (χ3n) is 2.83. The fraction of sp³-hybridized carbons (Fsp3) is 0.556. The van der Waals surface area contributed by atoms with Crippen LogP contribution >= 0.6 is 43.2 Å². The van der Waals surface area contributed by atoms with Crippen LogP contribution in [0.2, 0.25) is 0 Å². The highest BCUT2D eigenvalue weighted by Crippen LogP contribution is 2.37. The van der Waals surface area contributed by atoms with Crippen molar-refractivity contribution >= 4 is 53.2 Å². The van der Waals surface area contributed by atoms with Crippen LogP contribution in [0.1, 0.15) is 6.42 Å². The molecule has 2 rings (SSSR count). The molecule has 8 heteroatoms. The van der Waals surface area contributed by atoms with Gasteiger partial charge in [-0.25, -0.2) is 8.42 Å². The Hall–Kier alpha value is 0.530. The van der Waals surface area contributed by atoms with E-state index in [9.17, 15) is 8.42 Å². The highest BCUT2D eigenvalue weighted by atomic mass is 79.9. The topological polar surface area (TPSA) is 63.4 Å². The van der Waals surface area contributed by atoms with E-state index in [1.54, 1.807) is 6.07 Å². The van der Waals surface area contributed by atoms with Crippen LogP contribution in [0.3, 0.4) is 0 Å². The van der Waals surface area contributed by atoms with E-state index in [-0.39, 0.29) is 5.92 Å². The maximum atomic E-state index is 12.4. The van der Waals surface area contributed by atoms with E-state index in [0.29, 0.717) is 28.3 Å². The fourth-order valence-electron chi connectivity index (χ4n) is 1.85. The van der Waals surface area contributed by atoms with E-state index < -0.39 is 10.0 Å². The maximum absolute atomic E-state index is 12.4. The summed E-state index contributed by atoms with van der Waals surface area (Å²) in [6.45, 7) is 1.63. The van der Waals surface area contributed by atoms with Gasteiger partial charge in [0.15, 0.2) is 0 Å². The summed E-state index contributed by atoms with van der Waals surface area (Å²) in [6.07, 6.45) is 0.846. The quantitative estimate of drug-likeness (QED) is 0.841. The summed E-state index contributed by atoms with van der Waals surface area (Å²) in [6, 6.07) is 1.64. The molecule has 0 saturated carbocycles. The van der Waals surface area contributed by atoms with Crippen LogP contribution in [0.4, 0.5) is 0 Å². The number of halogens is 2. The number of sulfonamides is 1. The molecule has 1 atom stereocenters. The molecule has 0 spiro atoms. The van der Waals surface area contributed by atoms with Crippen LogP contribution in [0.15, 0.2) is 18.5 Å². The molecule has 1 aliphatic rings. The van der Waals surface area contributed by atoms with E-state index in [2.05, 4.69) is 31.9 Å². The zero-order valence-electron chi connectivity index (χ0n) is 8.90. The molecular weight excluding hydrogens is 392 g/mol. The van der Waals surface area contributed by atoms with Crippen LogP contribution in [0.25, 0.3) is 0 Å². The van der Waals surface area contributed by atoms with Crippen LogP contribution in [0.5, 0.6) is 0 Å². The zero-order chi connectivity index (χ0) is 12.6. The minimum atomic E-state index is -3.38. The average Bonchev–Trinajstić information content (AvgIpc) is 2.85. The third kappa shape index (κ3) is 2.76. The smallest absolute Gasteiger partial charge is 0.245 e. The van der Waals surface area contributed by atoms with Gasteiger partial charge in [-0.1, -0.05) is 0 Å². The van der Waals surface area contributed by atoms with Crippen LogP contribution in [-0.2, 0) is 10.0 Å². The number of rotatable bonds is 3. The molecule has 96 valence electrons. The first-order chi connectivity index (χ1) is 7.95. The molecule has 4 nitrogen and oxygen atoms in total. The second kappa shape index (κ2) is 5.26. The van der Waals surface area contributed by atoms with Gasteiger partial charge in [-0.2, -0.15) is 4.31 Å². The van der Waals surface area contributed by atoms with Gasteiger partial charge in [0.05, 0.1) is 7.57 Å². The predicted octanol–water partition coefficient (Wildman–Crippen LogP) is 2.24. The molecule has 1 saturated heterocycles. The predicted molar refractivity (Wildman–Crippen MR) is 75.6 cm³/mol. The van der Waals surface area contributed by atoms with E-state index in [4.69, 9.17) is 5.73 Å². The zero-order valence-corrected chi connectivity index (χ0v) is 13.7. The SMILES string of the molecule is NCC1CCN(S(=O)(=O)c2cc(Br)sc2Br)C1. The highest BCUT2D eigenvalue weighted by Gasteiger charge is 2.33. The summed E-state index contributed by atoms with van der Waals surface area (Å²) in [5, 5.41) is 0. The Labute approximate surface area is 121 Å². The van der Waals surface area contributed by atoms with E-state index in [1.165, 1.54) is 15.6 Å². The van der Waals surface area contributed by atoms with E-state index in [1.807, 2.05) is 0 Å². The van der Waals surface area contributed by atoms with Gasteiger partial charge in [0.1, 0.15) is 4.90 Å². The standard InChI is InChI=1S/C9H12Br2N2O2S2/c10-8-3-7(9(11)16-8)17(14,15)13-2-1-6(4-12)5-13/h3,6H,1-2,4-5,12H2. The fourth-order valence-corrected chi connectivity index (χ4v) is 7.14. The second-order valence-corrected chi connectivity index (χ2v) is 9.60. The minimum absolute atomic E-state index is 0.283. The lowest BCUT2D eigenvalue weighted by molar-refractivity contribution is 0.459. The van der Waals surface area contributed by atoms with Gasteiger partial charge in [0, 0.05) is 13.1 Å². The summed E-state index contributed by atoms with van der Waals surface area (Å²) < 4.78 is 27.7. The van der Waals surface area contributed by atoms with Crippen molar-refractivity contribution in [2.24, 2.45) is 11.7 Å². The molecular formula is C9H12Br2N2O2S2. The molecule has 0 aliphatic carbocycles. The first kappa shape index (κ1) is 14.0. The number of hydrogen-bond donors (Lipinski definition) is 1. The lowest BCUT2D eigenvalue weighted by Gasteiger charge is -2.15. The molecule has 0 amide bonds. The van der Waals surface area contributed by atoms with Crippen molar-refractivity contribution in [3.63, 3.8) is 0 Å². The van der Waals surface area contributed by atoms with Crippen molar-refractivity contribution in [1.82, 2.24) is 4.31 Å². The number of nitrogens with two attached hydrogens (primary N) is 1. The van der Waals surface area contributed by atoms with E-state index >= 15 is 0 Å². The van der Waals surface area contributed by atoms with Gasteiger partial charge in [-0.3, -0.25) is 0 Å². The van der Waals surface area contributed by atoms with Gasteiger partial charge in [0.25, 0.3) is 0 Å². The van der Waals surface area contributed by atoms with Gasteiger partial charge >= 0.3 is 0 Å². The Bertz CT molecular complexity index is 515. The molecule has 1 aromatic heterocycles. The summed E-state index contributed by atoms with van der Waals surface area (Å²) in [5.41, 5.74) is 5.58. The molecule has 1 fully saturated rings. The van der Waals surface area contributed by atoms with Crippen molar-refractivity contribution in [1.29, 1.82) is 0 Å². The molecule has 2 heterocycles. The Balaban J connectivity index is 2.28. The van der Waals surface area contributed by atoms with Crippen LogP contribution < -0.4 is 5.73 Å². The van der Waals surface area contributed by atoms with Gasteiger partial charge in [0.2, 0.25) is 10.0 Å². The third-order valence-corrected chi connectivity index (χ3v) is 7.45. The summed E-state index contributed by atoms with van der Waals surface area (Å²) in [4.78, 5) is 0.340. The second-order valence-electron chi connectivity index (χ2n) is 3.94. The van der Waals surface area contributed by atoms with Crippen molar-refractivity contribution < 1.29 is 8.42 Å². The molecule has 1 unspecified atom stereocenters. The van der Waals surface area contributed by atoms with Gasteiger partial charge in [-0.15, -0.1) is 11.3 Å². The Morgan fingerprint density at radius 3 is 2.71 bits per heavy atom. The molecule has 17 heavy (non-hydrogen) atoms. The normalized spacial score (nSPS) is 22.2. The lowest BCUT2D eigenvalue weighted by Crippen LogP contribution is -2.29. The van der Waals surface area contributed by atoms with Crippen LogP contribution in [0, 0.1) is 5.92 Å². The summed E-state index contributed by atoms with van der Waals surface area (Å²) in [5.74, 6) is 0.283. The average molecular weight is 404 g/mol. The van der Waals surface area contributed by atoms with Crippen molar-refractivity contribution in [3.8, 4) is 0 Å². The Morgan fingerprint density at radius 1 is 1.53 bits per heavy atom. The molecule has 2 N–H and O–H groups in total. The molecule has 0 aromatic carbocycles. The largest absolute Gasteiger partial charge is 0.330 e. The van der Waals surface area contributed by atoms with Crippen molar-refractivity contribution in [2.75, 3.05) is 19.6 Å². The van der Waals surface area contributed by atoms with Gasteiger partial charge < -0.3 is 5.73 Å². The maximum Gasteiger partial charge on any atom is 0.245 e. The number of hydrogen-bond acceptors (Lipinski definition) is 4. The number of thiophene rings is 1. The first-order valence-electron chi connectivity index (χ1n) is 5.10. The van der Waals surface area contributed by atoms with Gasteiger partial charge in [-0.05, 0) is 56.8 Å². The molecule has 0 bridgehead atoms. The summed E-state index contributed by atoms with van der Waals surface area (Å²) in [7, 11) is -3.38. The summed E-state index contributed by atoms with van der Waals surface area (Å²) >= 11 is 7.95. The lowest BCUT2D eigenvalue weighted by atomic mass is 10.1. The Kier molecular flexibility index (Phi) is 4.32. The first-order valence-corrected chi connectivity index (χ1v) is 8.94. The molecule has 1 aromatic rings.